The molecule has 0 bridgehead atoms. The Kier molecular flexibility index (Phi) is 6.73. The molecule has 1 atom stereocenters. The van der Waals surface area contributed by atoms with E-state index in [1.165, 1.54) is 24.8 Å². The molecule has 0 aliphatic heterocycles. The van der Waals surface area contributed by atoms with E-state index in [1.54, 1.807) is 0 Å². The second-order valence-electron chi connectivity index (χ2n) is 3.53. The van der Waals surface area contributed by atoms with Crippen molar-refractivity contribution in [3.8, 4) is 0 Å². The van der Waals surface area contributed by atoms with Gasteiger partial charge in [-0.1, -0.05) is 18.6 Å². The van der Waals surface area contributed by atoms with Crippen LogP contribution in [-0.4, -0.2) is 6.29 Å². The van der Waals surface area contributed by atoms with E-state index in [1.807, 2.05) is 0 Å². The summed E-state index contributed by atoms with van der Waals surface area (Å²) in [4.78, 5) is 10.2. The van der Waals surface area contributed by atoms with Crippen molar-refractivity contribution in [2.45, 2.75) is 46.5 Å². The maximum atomic E-state index is 10.2. The monoisotopic (exact) mass is 168 g/mol. The van der Waals surface area contributed by atoms with Crippen LogP contribution in [0.25, 0.3) is 0 Å². The van der Waals surface area contributed by atoms with Crippen LogP contribution < -0.4 is 0 Å². The van der Waals surface area contributed by atoms with Gasteiger partial charge >= 0.3 is 0 Å². The van der Waals surface area contributed by atoms with Gasteiger partial charge in [0.1, 0.15) is 6.29 Å². The molecule has 0 aromatic rings. The van der Waals surface area contributed by atoms with Gasteiger partial charge in [0, 0.05) is 6.42 Å². The maximum absolute atomic E-state index is 10.2. The lowest BCUT2D eigenvalue weighted by Gasteiger charge is -2.06. The minimum absolute atomic E-state index is 0.562. The van der Waals surface area contributed by atoms with Crippen molar-refractivity contribution in [1.29, 1.82) is 0 Å². The van der Waals surface area contributed by atoms with Gasteiger partial charge in [0.2, 0.25) is 0 Å². The Morgan fingerprint density at radius 3 is 2.67 bits per heavy atom. The van der Waals surface area contributed by atoms with Crippen LogP contribution in [0.3, 0.4) is 0 Å². The summed E-state index contributed by atoms with van der Waals surface area (Å²) in [6.45, 7) is 6.37. The maximum Gasteiger partial charge on any atom is 0.120 e. The van der Waals surface area contributed by atoms with Crippen LogP contribution in [0.15, 0.2) is 11.6 Å². The first-order chi connectivity index (χ1) is 5.70. The molecule has 0 rings (SSSR count). The molecule has 0 aromatic heterocycles. The van der Waals surface area contributed by atoms with Crippen LogP contribution in [0.5, 0.6) is 0 Å². The molecule has 0 radical (unpaired) electrons. The third-order valence-corrected chi connectivity index (χ3v) is 2.26. The minimum atomic E-state index is 0.562. The summed E-state index contributed by atoms with van der Waals surface area (Å²) in [6.07, 6.45) is 7.46. The third-order valence-electron chi connectivity index (χ3n) is 2.26. The van der Waals surface area contributed by atoms with Crippen LogP contribution in [-0.2, 0) is 4.79 Å². The third kappa shape index (κ3) is 6.14. The lowest BCUT2D eigenvalue weighted by atomic mass is 9.99. The van der Waals surface area contributed by atoms with Crippen LogP contribution >= 0.6 is 0 Å². The fraction of sp³-hybridized carbons (Fsp3) is 0.727. The Balaban J connectivity index is 3.36. The molecule has 0 spiro atoms. The van der Waals surface area contributed by atoms with E-state index in [0.717, 1.165) is 12.7 Å². The Labute approximate surface area is 75.9 Å². The van der Waals surface area contributed by atoms with Gasteiger partial charge in [0.05, 0.1) is 0 Å². The predicted octanol–water partition coefficient (Wildman–Crippen LogP) is 3.35. The molecule has 0 saturated heterocycles. The van der Waals surface area contributed by atoms with Gasteiger partial charge in [0.25, 0.3) is 0 Å². The summed E-state index contributed by atoms with van der Waals surface area (Å²) in [5.41, 5.74) is 1.45. The van der Waals surface area contributed by atoms with Crippen LogP contribution in [0.4, 0.5) is 0 Å². The molecule has 0 saturated carbocycles. The minimum Gasteiger partial charge on any atom is -0.303 e. The van der Waals surface area contributed by atoms with E-state index in [2.05, 4.69) is 26.8 Å². The van der Waals surface area contributed by atoms with E-state index < -0.39 is 0 Å². The lowest BCUT2D eigenvalue weighted by Crippen LogP contribution is -1.95. The summed E-state index contributed by atoms with van der Waals surface area (Å²) >= 11 is 0. The van der Waals surface area contributed by atoms with Gasteiger partial charge in [-0.3, -0.25) is 0 Å². The molecule has 1 nitrogen and oxygen atoms in total. The molecule has 12 heavy (non-hydrogen) atoms. The van der Waals surface area contributed by atoms with Gasteiger partial charge in [0.15, 0.2) is 0 Å². The highest BCUT2D eigenvalue weighted by molar-refractivity contribution is 5.49. The fourth-order valence-corrected chi connectivity index (χ4v) is 1.16. The van der Waals surface area contributed by atoms with Gasteiger partial charge in [-0.25, -0.2) is 0 Å². The Morgan fingerprint density at radius 2 is 2.17 bits per heavy atom. The summed E-state index contributed by atoms with van der Waals surface area (Å²) < 4.78 is 0. The van der Waals surface area contributed by atoms with Crippen LogP contribution in [0, 0.1) is 5.92 Å². The quantitative estimate of drug-likeness (QED) is 0.439. The number of allylic oxidation sites excluding steroid dienone is 2. The number of aldehydes is 1. The normalized spacial score (nSPS) is 14.4. The zero-order valence-corrected chi connectivity index (χ0v) is 8.47. The second kappa shape index (κ2) is 7.08. The van der Waals surface area contributed by atoms with Gasteiger partial charge in [-0.2, -0.15) is 0 Å². The molecular weight excluding hydrogens is 148 g/mol. The smallest absolute Gasteiger partial charge is 0.120 e. The van der Waals surface area contributed by atoms with Crippen molar-refractivity contribution in [3.05, 3.63) is 11.6 Å². The molecule has 1 unspecified atom stereocenters. The Bertz CT molecular complexity index is 147. The first-order valence-corrected chi connectivity index (χ1v) is 4.76. The Hall–Kier alpha value is -0.590. The van der Waals surface area contributed by atoms with Crippen molar-refractivity contribution in [2.24, 2.45) is 5.92 Å². The summed E-state index contributed by atoms with van der Waals surface area (Å²) in [6, 6.07) is 0. The number of carbonyl (C=O) groups is 1. The van der Waals surface area contributed by atoms with E-state index in [0.29, 0.717) is 5.92 Å². The molecule has 0 heterocycles. The van der Waals surface area contributed by atoms with Crippen molar-refractivity contribution < 1.29 is 4.79 Å². The van der Waals surface area contributed by atoms with Crippen molar-refractivity contribution >= 4 is 6.29 Å². The molecule has 0 fully saturated rings. The van der Waals surface area contributed by atoms with Crippen LogP contribution in [0.2, 0.25) is 0 Å². The number of carbonyl (C=O) groups excluding carboxylic acids is 1. The summed E-state index contributed by atoms with van der Waals surface area (Å²) in [7, 11) is 0. The second-order valence-corrected chi connectivity index (χ2v) is 3.53. The van der Waals surface area contributed by atoms with Gasteiger partial charge < -0.3 is 4.79 Å². The molecule has 0 aromatic carbocycles. The van der Waals surface area contributed by atoms with Crippen molar-refractivity contribution in [1.82, 2.24) is 0 Å². The van der Waals surface area contributed by atoms with E-state index in [-0.39, 0.29) is 0 Å². The lowest BCUT2D eigenvalue weighted by molar-refractivity contribution is -0.108. The van der Waals surface area contributed by atoms with Crippen molar-refractivity contribution in [3.63, 3.8) is 0 Å². The first kappa shape index (κ1) is 11.4. The van der Waals surface area contributed by atoms with Crippen LogP contribution in [0.1, 0.15) is 46.5 Å². The molecule has 0 amide bonds. The van der Waals surface area contributed by atoms with E-state index in [9.17, 15) is 4.79 Å². The zero-order chi connectivity index (χ0) is 9.40. The molecule has 0 N–H and O–H groups in total. The first-order valence-electron chi connectivity index (χ1n) is 4.76. The van der Waals surface area contributed by atoms with Gasteiger partial charge in [-0.15, -0.1) is 0 Å². The topological polar surface area (TPSA) is 17.1 Å². The molecule has 70 valence electrons. The largest absolute Gasteiger partial charge is 0.303 e. The SMILES string of the molecule is C/C=C(/C)CCCC(C)CC=O. The number of hydrogen-bond acceptors (Lipinski definition) is 1. The number of hydrogen-bond donors (Lipinski definition) is 0. The highest BCUT2D eigenvalue weighted by atomic mass is 16.1. The standard InChI is InChI=1S/C11H20O/c1-4-10(2)6-5-7-11(3)8-9-12/h4,9,11H,5-8H2,1-3H3/b10-4-. The summed E-state index contributed by atoms with van der Waals surface area (Å²) in [5.74, 6) is 0.562. The number of rotatable bonds is 6. The van der Waals surface area contributed by atoms with E-state index >= 15 is 0 Å². The molecule has 0 aliphatic carbocycles. The molecule has 0 aliphatic rings. The molecule has 1 heteroatoms. The average Bonchev–Trinajstić information content (AvgIpc) is 2.04. The van der Waals surface area contributed by atoms with Crippen molar-refractivity contribution in [2.75, 3.05) is 0 Å². The zero-order valence-electron chi connectivity index (χ0n) is 8.47. The highest BCUT2D eigenvalue weighted by Gasteiger charge is 2.00. The fourth-order valence-electron chi connectivity index (χ4n) is 1.16. The predicted molar refractivity (Wildman–Crippen MR) is 53.1 cm³/mol. The highest BCUT2D eigenvalue weighted by Crippen LogP contribution is 2.13. The molecular formula is C11H20O. The van der Waals surface area contributed by atoms with E-state index in [4.69, 9.17) is 0 Å². The summed E-state index contributed by atoms with van der Waals surface area (Å²) in [5, 5.41) is 0. The average molecular weight is 168 g/mol. The van der Waals surface area contributed by atoms with Gasteiger partial charge in [-0.05, 0) is 39.0 Å². The Morgan fingerprint density at radius 1 is 1.50 bits per heavy atom.